The highest BCUT2D eigenvalue weighted by Crippen LogP contribution is 2.10. The molecule has 0 N–H and O–H groups in total. The van der Waals surface area contributed by atoms with Crippen LogP contribution in [0, 0.1) is 6.92 Å². The van der Waals surface area contributed by atoms with Gasteiger partial charge in [-0.25, -0.2) is 0 Å². The number of aryl methyl sites for hydroxylation is 2. The highest BCUT2D eigenvalue weighted by molar-refractivity contribution is 5.69. The number of esters is 1. The molecule has 2 aromatic carbocycles. The van der Waals surface area contributed by atoms with Gasteiger partial charge >= 0.3 is 5.97 Å². The van der Waals surface area contributed by atoms with E-state index >= 15 is 0 Å². The molecule has 0 atom stereocenters. The number of nitrogens with zero attached hydrogens (tertiary/aromatic N) is 1. The topological polar surface area (TPSA) is 29.5 Å². The van der Waals surface area contributed by atoms with E-state index in [1.165, 1.54) is 16.7 Å². The molecule has 0 heterocycles. The molecule has 0 saturated heterocycles. The second kappa shape index (κ2) is 10.00. The quantitative estimate of drug-likeness (QED) is 0.629. The van der Waals surface area contributed by atoms with Crippen LogP contribution in [0.4, 0.5) is 0 Å². The summed E-state index contributed by atoms with van der Waals surface area (Å²) in [5, 5.41) is 0. The molecule has 3 heteroatoms. The normalized spacial score (nSPS) is 10.9. The Balaban J connectivity index is 1.74. The van der Waals surface area contributed by atoms with Gasteiger partial charge < -0.3 is 4.74 Å². The Morgan fingerprint density at radius 3 is 2.04 bits per heavy atom. The highest BCUT2D eigenvalue weighted by atomic mass is 16.5. The van der Waals surface area contributed by atoms with Gasteiger partial charge in [0, 0.05) is 13.0 Å². The fourth-order valence-electron chi connectivity index (χ4n) is 2.68. The zero-order valence-corrected chi connectivity index (χ0v) is 15.6. The molecule has 2 aromatic rings. The van der Waals surface area contributed by atoms with Crippen molar-refractivity contribution in [3.63, 3.8) is 0 Å². The maximum atomic E-state index is 11.9. The standard InChI is InChI=1S/C22H29NO2/c1-4-23(5-2)16-20-10-12-21(13-11-20)17-25-22(24)15-14-19-8-6-18(3)7-9-19/h6-13H,4-5,14-17H2,1-3H3. The highest BCUT2D eigenvalue weighted by Gasteiger charge is 2.05. The van der Waals surface area contributed by atoms with Crippen LogP contribution in [0.15, 0.2) is 48.5 Å². The van der Waals surface area contributed by atoms with E-state index in [9.17, 15) is 4.79 Å². The number of ether oxygens (including phenoxy) is 1. The summed E-state index contributed by atoms with van der Waals surface area (Å²) in [6.45, 7) is 9.82. The van der Waals surface area contributed by atoms with E-state index in [1.807, 2.05) is 12.1 Å². The first-order valence-corrected chi connectivity index (χ1v) is 9.12. The fourth-order valence-corrected chi connectivity index (χ4v) is 2.68. The molecular weight excluding hydrogens is 310 g/mol. The number of carbonyl (C=O) groups excluding carboxylic acids is 1. The van der Waals surface area contributed by atoms with Gasteiger partial charge in [-0.3, -0.25) is 9.69 Å². The molecule has 0 aliphatic heterocycles. The number of benzene rings is 2. The van der Waals surface area contributed by atoms with Crippen LogP contribution in [-0.2, 0) is 29.1 Å². The van der Waals surface area contributed by atoms with Crippen LogP contribution in [0.2, 0.25) is 0 Å². The predicted octanol–water partition coefficient (Wildman–Crippen LogP) is 4.51. The Morgan fingerprint density at radius 2 is 1.44 bits per heavy atom. The lowest BCUT2D eigenvalue weighted by atomic mass is 10.1. The molecule has 2 rings (SSSR count). The van der Waals surface area contributed by atoms with Crippen LogP contribution in [0.25, 0.3) is 0 Å². The first-order chi connectivity index (χ1) is 12.1. The molecule has 134 valence electrons. The fraction of sp³-hybridized carbons (Fsp3) is 0.409. The number of carbonyl (C=O) groups is 1. The average molecular weight is 339 g/mol. The zero-order valence-electron chi connectivity index (χ0n) is 15.6. The molecule has 0 aliphatic rings. The van der Waals surface area contributed by atoms with E-state index in [2.05, 4.69) is 62.1 Å². The maximum Gasteiger partial charge on any atom is 0.306 e. The second-order valence-corrected chi connectivity index (χ2v) is 6.42. The lowest BCUT2D eigenvalue weighted by Crippen LogP contribution is -2.22. The van der Waals surface area contributed by atoms with Gasteiger partial charge in [0.1, 0.15) is 6.61 Å². The Bertz CT molecular complexity index is 643. The van der Waals surface area contributed by atoms with Gasteiger partial charge in [0.25, 0.3) is 0 Å². The largest absolute Gasteiger partial charge is 0.461 e. The number of hydrogen-bond acceptors (Lipinski definition) is 3. The van der Waals surface area contributed by atoms with Gasteiger partial charge in [-0.2, -0.15) is 0 Å². The summed E-state index contributed by atoms with van der Waals surface area (Å²) in [5.41, 5.74) is 4.73. The Kier molecular flexibility index (Phi) is 7.68. The van der Waals surface area contributed by atoms with Crippen molar-refractivity contribution in [2.75, 3.05) is 13.1 Å². The van der Waals surface area contributed by atoms with Gasteiger partial charge in [-0.05, 0) is 43.1 Å². The van der Waals surface area contributed by atoms with Crippen molar-refractivity contribution < 1.29 is 9.53 Å². The summed E-state index contributed by atoms with van der Waals surface area (Å²) in [6, 6.07) is 16.6. The van der Waals surface area contributed by atoms with Crippen molar-refractivity contribution >= 4 is 5.97 Å². The summed E-state index contributed by atoms with van der Waals surface area (Å²) in [4.78, 5) is 14.3. The Labute approximate surface area is 151 Å². The van der Waals surface area contributed by atoms with Crippen molar-refractivity contribution in [3.05, 3.63) is 70.8 Å². The summed E-state index contributed by atoms with van der Waals surface area (Å²) in [7, 11) is 0. The zero-order chi connectivity index (χ0) is 18.1. The van der Waals surface area contributed by atoms with Crippen molar-refractivity contribution in [1.29, 1.82) is 0 Å². The molecule has 0 fully saturated rings. The molecule has 0 amide bonds. The molecule has 0 spiro atoms. The number of rotatable bonds is 9. The van der Waals surface area contributed by atoms with E-state index in [4.69, 9.17) is 4.74 Å². The van der Waals surface area contributed by atoms with Crippen molar-refractivity contribution in [2.45, 2.75) is 46.8 Å². The predicted molar refractivity (Wildman–Crippen MR) is 102 cm³/mol. The molecule has 0 radical (unpaired) electrons. The van der Waals surface area contributed by atoms with E-state index in [0.29, 0.717) is 13.0 Å². The van der Waals surface area contributed by atoms with E-state index in [1.54, 1.807) is 0 Å². The monoisotopic (exact) mass is 339 g/mol. The minimum atomic E-state index is -0.146. The molecule has 0 aliphatic carbocycles. The average Bonchev–Trinajstić information content (AvgIpc) is 2.65. The van der Waals surface area contributed by atoms with Gasteiger partial charge in [-0.1, -0.05) is 67.9 Å². The number of hydrogen-bond donors (Lipinski definition) is 0. The molecule has 0 unspecified atom stereocenters. The van der Waals surface area contributed by atoms with E-state index < -0.39 is 0 Å². The van der Waals surface area contributed by atoms with E-state index in [-0.39, 0.29) is 5.97 Å². The smallest absolute Gasteiger partial charge is 0.306 e. The minimum absolute atomic E-state index is 0.146. The molecule has 25 heavy (non-hydrogen) atoms. The molecule has 3 nitrogen and oxygen atoms in total. The van der Waals surface area contributed by atoms with E-state index in [0.717, 1.165) is 31.6 Å². The van der Waals surface area contributed by atoms with Crippen molar-refractivity contribution in [2.24, 2.45) is 0 Å². The van der Waals surface area contributed by atoms with Crippen LogP contribution in [0.5, 0.6) is 0 Å². The minimum Gasteiger partial charge on any atom is -0.461 e. The van der Waals surface area contributed by atoms with Crippen LogP contribution >= 0.6 is 0 Å². The Morgan fingerprint density at radius 1 is 0.880 bits per heavy atom. The third-order valence-corrected chi connectivity index (χ3v) is 4.46. The first-order valence-electron chi connectivity index (χ1n) is 9.12. The first kappa shape index (κ1) is 19.2. The molecule has 0 aromatic heterocycles. The summed E-state index contributed by atoms with van der Waals surface area (Å²) in [5.74, 6) is -0.146. The molecule has 0 saturated carbocycles. The van der Waals surface area contributed by atoms with Crippen LogP contribution < -0.4 is 0 Å². The third kappa shape index (κ3) is 6.71. The lowest BCUT2D eigenvalue weighted by Gasteiger charge is -2.18. The second-order valence-electron chi connectivity index (χ2n) is 6.42. The van der Waals surface area contributed by atoms with Crippen molar-refractivity contribution in [1.82, 2.24) is 4.90 Å². The summed E-state index contributed by atoms with van der Waals surface area (Å²) < 4.78 is 5.39. The summed E-state index contributed by atoms with van der Waals surface area (Å²) >= 11 is 0. The summed E-state index contributed by atoms with van der Waals surface area (Å²) in [6.07, 6.45) is 1.14. The van der Waals surface area contributed by atoms with Crippen LogP contribution in [-0.4, -0.2) is 24.0 Å². The molecular formula is C22H29NO2. The third-order valence-electron chi connectivity index (χ3n) is 4.46. The van der Waals surface area contributed by atoms with Crippen LogP contribution in [0.1, 0.15) is 42.5 Å². The van der Waals surface area contributed by atoms with Gasteiger partial charge in [-0.15, -0.1) is 0 Å². The van der Waals surface area contributed by atoms with Gasteiger partial charge in [0.15, 0.2) is 0 Å². The van der Waals surface area contributed by atoms with Gasteiger partial charge in [0.2, 0.25) is 0 Å². The van der Waals surface area contributed by atoms with Crippen LogP contribution in [0.3, 0.4) is 0 Å². The Hall–Kier alpha value is -2.13. The SMILES string of the molecule is CCN(CC)Cc1ccc(COC(=O)CCc2ccc(C)cc2)cc1. The lowest BCUT2D eigenvalue weighted by molar-refractivity contribution is -0.144. The van der Waals surface area contributed by atoms with Crippen molar-refractivity contribution in [3.8, 4) is 0 Å². The maximum absolute atomic E-state index is 11.9. The van der Waals surface area contributed by atoms with Gasteiger partial charge in [0.05, 0.1) is 0 Å². The molecule has 0 bridgehead atoms.